The number of likely N-dealkylation sites (tertiary alicyclic amines) is 1. The summed E-state index contributed by atoms with van der Waals surface area (Å²) in [6.07, 6.45) is 0.844. The van der Waals surface area contributed by atoms with Crippen LogP contribution >= 0.6 is 0 Å². The van der Waals surface area contributed by atoms with Crippen molar-refractivity contribution in [2.45, 2.75) is 32.2 Å². The molecule has 0 saturated carbocycles. The fourth-order valence-corrected chi connectivity index (χ4v) is 3.53. The van der Waals surface area contributed by atoms with Crippen molar-refractivity contribution in [2.24, 2.45) is 5.92 Å². The molecule has 8 heteroatoms. The van der Waals surface area contributed by atoms with E-state index in [4.69, 9.17) is 5.73 Å². The Labute approximate surface area is 146 Å². The van der Waals surface area contributed by atoms with Crippen molar-refractivity contribution >= 4 is 23.7 Å². The van der Waals surface area contributed by atoms with E-state index in [2.05, 4.69) is 10.3 Å². The van der Waals surface area contributed by atoms with E-state index in [0.29, 0.717) is 44.0 Å². The van der Waals surface area contributed by atoms with E-state index in [1.807, 2.05) is 13.8 Å². The molecular formula is C17H23N5O3. The number of hydrogen-bond donors (Lipinski definition) is 2. The molecular weight excluding hydrogens is 322 g/mol. The zero-order valence-electron chi connectivity index (χ0n) is 14.5. The quantitative estimate of drug-likeness (QED) is 0.789. The lowest BCUT2D eigenvalue weighted by molar-refractivity contribution is -0.129. The Morgan fingerprint density at radius 3 is 2.60 bits per heavy atom. The Kier molecular flexibility index (Phi) is 4.36. The van der Waals surface area contributed by atoms with E-state index in [1.165, 1.54) is 0 Å². The van der Waals surface area contributed by atoms with E-state index in [0.717, 1.165) is 0 Å². The predicted molar refractivity (Wildman–Crippen MR) is 91.6 cm³/mol. The fourth-order valence-electron chi connectivity index (χ4n) is 3.53. The summed E-state index contributed by atoms with van der Waals surface area (Å²) < 4.78 is 0. The highest BCUT2D eigenvalue weighted by Gasteiger charge is 2.54. The molecule has 4 amide bonds. The summed E-state index contributed by atoms with van der Waals surface area (Å²) in [6.45, 7) is 5.32. The second-order valence-corrected chi connectivity index (χ2v) is 7.04. The number of pyridine rings is 1. The van der Waals surface area contributed by atoms with E-state index in [-0.39, 0.29) is 23.8 Å². The molecule has 0 radical (unpaired) electrons. The monoisotopic (exact) mass is 345 g/mol. The second kappa shape index (κ2) is 6.34. The van der Waals surface area contributed by atoms with Crippen molar-refractivity contribution in [1.82, 2.24) is 20.1 Å². The minimum absolute atomic E-state index is 0.206. The molecule has 2 aliphatic heterocycles. The molecule has 0 unspecified atom stereocenters. The SMILES string of the molecule is CC(C)CN1C(=O)NC(=O)C12CCN(C(=O)c1cccc(N)n1)CC2. The molecule has 1 aromatic rings. The maximum atomic E-state index is 12.6. The van der Waals surface area contributed by atoms with Gasteiger partial charge in [-0.05, 0) is 30.9 Å². The number of imide groups is 1. The van der Waals surface area contributed by atoms with Crippen LogP contribution in [0.2, 0.25) is 0 Å². The number of nitrogens with one attached hydrogen (secondary N) is 1. The van der Waals surface area contributed by atoms with Gasteiger partial charge in [0.05, 0.1) is 0 Å². The summed E-state index contributed by atoms with van der Waals surface area (Å²) in [4.78, 5) is 44.5. The molecule has 1 aromatic heterocycles. The minimum Gasteiger partial charge on any atom is -0.384 e. The number of nitrogens with zero attached hydrogens (tertiary/aromatic N) is 3. The average molecular weight is 345 g/mol. The topological polar surface area (TPSA) is 109 Å². The van der Waals surface area contributed by atoms with Crippen LogP contribution in [0, 0.1) is 5.92 Å². The third kappa shape index (κ3) is 3.04. The predicted octanol–water partition coefficient (Wildman–Crippen LogP) is 0.846. The number of piperidine rings is 1. The van der Waals surface area contributed by atoms with Gasteiger partial charge in [0, 0.05) is 19.6 Å². The molecule has 2 fully saturated rings. The molecule has 0 aliphatic carbocycles. The number of aromatic nitrogens is 1. The summed E-state index contributed by atoms with van der Waals surface area (Å²) in [5.41, 5.74) is 5.09. The van der Waals surface area contributed by atoms with E-state index in [9.17, 15) is 14.4 Å². The van der Waals surface area contributed by atoms with Gasteiger partial charge in [0.2, 0.25) is 0 Å². The van der Waals surface area contributed by atoms with Crippen LogP contribution in [0.1, 0.15) is 37.2 Å². The molecule has 134 valence electrons. The number of amides is 4. The molecule has 2 aliphatic rings. The van der Waals surface area contributed by atoms with Crippen LogP contribution in [0.25, 0.3) is 0 Å². The Hall–Kier alpha value is -2.64. The number of rotatable bonds is 3. The first kappa shape index (κ1) is 17.2. The summed E-state index contributed by atoms with van der Waals surface area (Å²) in [7, 11) is 0. The number of nitrogen functional groups attached to an aromatic ring is 1. The van der Waals surface area contributed by atoms with Crippen molar-refractivity contribution < 1.29 is 14.4 Å². The van der Waals surface area contributed by atoms with Gasteiger partial charge < -0.3 is 15.5 Å². The smallest absolute Gasteiger partial charge is 0.325 e. The van der Waals surface area contributed by atoms with Crippen molar-refractivity contribution in [3.8, 4) is 0 Å². The van der Waals surface area contributed by atoms with Crippen LogP contribution in [-0.2, 0) is 4.79 Å². The zero-order valence-corrected chi connectivity index (χ0v) is 14.5. The zero-order chi connectivity index (χ0) is 18.2. The van der Waals surface area contributed by atoms with Crippen LogP contribution < -0.4 is 11.1 Å². The molecule has 0 atom stereocenters. The van der Waals surface area contributed by atoms with E-state index >= 15 is 0 Å². The third-order valence-electron chi connectivity index (χ3n) is 4.82. The van der Waals surface area contributed by atoms with Gasteiger partial charge in [0.15, 0.2) is 0 Å². The van der Waals surface area contributed by atoms with Gasteiger partial charge in [0.25, 0.3) is 11.8 Å². The number of carbonyl (C=O) groups excluding carboxylic acids is 3. The van der Waals surface area contributed by atoms with Crippen molar-refractivity contribution in [1.29, 1.82) is 0 Å². The van der Waals surface area contributed by atoms with Gasteiger partial charge in [-0.1, -0.05) is 19.9 Å². The summed E-state index contributed by atoms with van der Waals surface area (Å²) >= 11 is 0. The van der Waals surface area contributed by atoms with Gasteiger partial charge in [-0.15, -0.1) is 0 Å². The van der Waals surface area contributed by atoms with Gasteiger partial charge in [-0.25, -0.2) is 9.78 Å². The van der Waals surface area contributed by atoms with Crippen LogP contribution in [0.3, 0.4) is 0 Å². The maximum absolute atomic E-state index is 12.6. The number of nitrogens with two attached hydrogens (primary N) is 1. The lowest BCUT2D eigenvalue weighted by Crippen LogP contribution is -2.58. The molecule has 25 heavy (non-hydrogen) atoms. The molecule has 2 saturated heterocycles. The van der Waals surface area contributed by atoms with Crippen LogP contribution in [-0.4, -0.2) is 57.8 Å². The molecule has 1 spiro atoms. The Balaban J connectivity index is 1.75. The third-order valence-corrected chi connectivity index (χ3v) is 4.82. The lowest BCUT2D eigenvalue weighted by atomic mass is 9.85. The van der Waals surface area contributed by atoms with E-state index in [1.54, 1.807) is 28.0 Å². The largest absolute Gasteiger partial charge is 0.384 e. The normalized spacial score (nSPS) is 19.6. The molecule has 0 bridgehead atoms. The first-order valence-electron chi connectivity index (χ1n) is 8.48. The fraction of sp³-hybridized carbons (Fsp3) is 0.529. The van der Waals surface area contributed by atoms with Gasteiger partial charge in [-0.3, -0.25) is 14.9 Å². The van der Waals surface area contributed by atoms with Gasteiger partial charge >= 0.3 is 6.03 Å². The maximum Gasteiger partial charge on any atom is 0.325 e. The van der Waals surface area contributed by atoms with Crippen LogP contribution in [0.15, 0.2) is 18.2 Å². The van der Waals surface area contributed by atoms with Crippen molar-refractivity contribution in [3.05, 3.63) is 23.9 Å². The Morgan fingerprint density at radius 1 is 1.32 bits per heavy atom. The van der Waals surface area contributed by atoms with Gasteiger partial charge in [-0.2, -0.15) is 0 Å². The Bertz CT molecular complexity index is 710. The summed E-state index contributed by atoms with van der Waals surface area (Å²) in [5.74, 6) is 0.0857. The van der Waals surface area contributed by atoms with Crippen molar-refractivity contribution in [2.75, 3.05) is 25.4 Å². The molecule has 3 heterocycles. The molecule has 3 rings (SSSR count). The second-order valence-electron chi connectivity index (χ2n) is 7.04. The lowest BCUT2D eigenvalue weighted by Gasteiger charge is -2.42. The van der Waals surface area contributed by atoms with Crippen molar-refractivity contribution in [3.63, 3.8) is 0 Å². The summed E-state index contributed by atoms with van der Waals surface area (Å²) in [6, 6.07) is 4.60. The standard InChI is InChI=1S/C17H23N5O3/c1-11(2)10-22-16(25)20-15(24)17(22)6-8-21(9-7-17)14(23)12-4-3-5-13(18)19-12/h3-5,11H,6-10H2,1-2H3,(H2,18,19)(H,20,24,25). The average Bonchev–Trinajstić information content (AvgIpc) is 2.79. The summed E-state index contributed by atoms with van der Waals surface area (Å²) in [5, 5.41) is 2.43. The number of urea groups is 1. The number of carbonyl (C=O) groups is 3. The van der Waals surface area contributed by atoms with Crippen LogP contribution in [0.4, 0.5) is 10.6 Å². The molecule has 0 aromatic carbocycles. The highest BCUT2D eigenvalue weighted by Crippen LogP contribution is 2.34. The van der Waals surface area contributed by atoms with Crippen LogP contribution in [0.5, 0.6) is 0 Å². The number of anilines is 1. The molecule has 3 N–H and O–H groups in total. The van der Waals surface area contributed by atoms with E-state index < -0.39 is 5.54 Å². The highest BCUT2D eigenvalue weighted by molar-refractivity contribution is 6.07. The highest BCUT2D eigenvalue weighted by atomic mass is 16.2. The first-order chi connectivity index (χ1) is 11.8. The minimum atomic E-state index is -0.846. The number of hydrogen-bond acceptors (Lipinski definition) is 5. The molecule has 8 nitrogen and oxygen atoms in total. The Morgan fingerprint density at radius 2 is 2.00 bits per heavy atom. The van der Waals surface area contributed by atoms with Gasteiger partial charge in [0.1, 0.15) is 17.1 Å². The first-order valence-corrected chi connectivity index (χ1v) is 8.48.